The zero-order chi connectivity index (χ0) is 15.7. The molecule has 1 fully saturated rings. The van der Waals surface area contributed by atoms with Gasteiger partial charge in [0.1, 0.15) is 0 Å². The Kier molecular flexibility index (Phi) is 4.04. The summed E-state index contributed by atoms with van der Waals surface area (Å²) in [5.41, 5.74) is 0.283. The van der Waals surface area contributed by atoms with Crippen LogP contribution in [0.3, 0.4) is 0 Å². The minimum atomic E-state index is -0.438. The lowest BCUT2D eigenvalue weighted by Gasteiger charge is -2.11. The Hall–Kier alpha value is -2.06. The molecule has 8 heteroatoms. The number of hydrogen-bond donors (Lipinski definition) is 0. The molecule has 3 rings (SSSR count). The third-order valence-electron chi connectivity index (χ3n) is 3.75. The lowest BCUT2D eigenvalue weighted by atomic mass is 10.3. The Morgan fingerprint density at radius 1 is 1.36 bits per heavy atom. The molecule has 2 aromatic rings. The molecule has 0 aromatic carbocycles. The van der Waals surface area contributed by atoms with E-state index >= 15 is 0 Å². The highest BCUT2D eigenvalue weighted by molar-refractivity contribution is 5.68. The first kappa shape index (κ1) is 14.9. The Balaban J connectivity index is 1.83. The van der Waals surface area contributed by atoms with Gasteiger partial charge in [-0.05, 0) is 6.42 Å². The summed E-state index contributed by atoms with van der Waals surface area (Å²) in [4.78, 5) is 32.5. The normalized spacial score (nSPS) is 18.2. The molecule has 2 aromatic heterocycles. The number of nitrogens with zero attached hydrogens (tertiary/aromatic N) is 4. The Morgan fingerprint density at radius 2 is 2.18 bits per heavy atom. The zero-order valence-electron chi connectivity index (χ0n) is 12.6. The molecule has 0 spiro atoms. The molecule has 1 unspecified atom stereocenters. The summed E-state index contributed by atoms with van der Waals surface area (Å²) in [7, 11) is 3.00. The van der Waals surface area contributed by atoms with Crippen molar-refractivity contribution in [3.63, 3.8) is 0 Å². The number of ether oxygens (including phenoxy) is 2. The number of aryl methyl sites for hydroxylation is 1. The molecular formula is C14H18N4O4. The van der Waals surface area contributed by atoms with Crippen LogP contribution >= 0.6 is 0 Å². The van der Waals surface area contributed by atoms with Crippen molar-refractivity contribution in [2.24, 2.45) is 14.1 Å². The van der Waals surface area contributed by atoms with Crippen LogP contribution in [0.1, 0.15) is 18.5 Å². The Bertz CT molecular complexity index is 805. The van der Waals surface area contributed by atoms with Crippen molar-refractivity contribution in [3.05, 3.63) is 32.7 Å². The van der Waals surface area contributed by atoms with Gasteiger partial charge < -0.3 is 9.47 Å². The van der Waals surface area contributed by atoms with Crippen LogP contribution in [-0.2, 0) is 30.0 Å². The molecule has 0 saturated carbocycles. The van der Waals surface area contributed by atoms with Crippen LogP contribution in [0, 0.1) is 0 Å². The fourth-order valence-electron chi connectivity index (χ4n) is 2.46. The van der Waals surface area contributed by atoms with Gasteiger partial charge in [-0.15, -0.1) is 0 Å². The van der Waals surface area contributed by atoms with E-state index in [0.717, 1.165) is 24.0 Å². The van der Waals surface area contributed by atoms with Gasteiger partial charge in [-0.2, -0.15) is 0 Å². The average Bonchev–Trinajstić information content (AvgIpc) is 3.04. The summed E-state index contributed by atoms with van der Waals surface area (Å²) in [5, 5.41) is 0. The maximum atomic E-state index is 12.1. The first-order valence-electron chi connectivity index (χ1n) is 7.23. The van der Waals surface area contributed by atoms with Crippen molar-refractivity contribution in [2.75, 3.05) is 13.2 Å². The number of hydrogen-bond acceptors (Lipinski definition) is 6. The van der Waals surface area contributed by atoms with E-state index in [9.17, 15) is 9.59 Å². The van der Waals surface area contributed by atoms with Crippen LogP contribution in [0.2, 0.25) is 0 Å². The molecular weight excluding hydrogens is 288 g/mol. The SMILES string of the molecule is Cn1c(=O)c2nc(CCOC3CCCO3)cnc2n(C)c1=O. The van der Waals surface area contributed by atoms with Crippen molar-refractivity contribution < 1.29 is 9.47 Å². The molecule has 8 nitrogen and oxygen atoms in total. The van der Waals surface area contributed by atoms with Gasteiger partial charge in [-0.3, -0.25) is 13.9 Å². The molecule has 0 bridgehead atoms. The first-order chi connectivity index (χ1) is 10.6. The van der Waals surface area contributed by atoms with E-state index in [-0.39, 0.29) is 17.5 Å². The van der Waals surface area contributed by atoms with E-state index in [2.05, 4.69) is 9.97 Å². The van der Waals surface area contributed by atoms with E-state index in [4.69, 9.17) is 9.47 Å². The summed E-state index contributed by atoms with van der Waals surface area (Å²) in [6.45, 7) is 1.20. The fraction of sp³-hybridized carbons (Fsp3) is 0.571. The Morgan fingerprint density at radius 3 is 2.91 bits per heavy atom. The van der Waals surface area contributed by atoms with E-state index in [1.807, 2.05) is 0 Å². The van der Waals surface area contributed by atoms with Crippen molar-refractivity contribution in [2.45, 2.75) is 25.6 Å². The predicted octanol–water partition coefficient (Wildman–Crippen LogP) is -0.277. The molecule has 1 aliphatic rings. The van der Waals surface area contributed by atoms with Crippen molar-refractivity contribution in [1.29, 1.82) is 0 Å². The zero-order valence-corrected chi connectivity index (χ0v) is 12.6. The van der Waals surface area contributed by atoms with Crippen LogP contribution in [-0.4, -0.2) is 38.6 Å². The first-order valence-corrected chi connectivity index (χ1v) is 7.23. The van der Waals surface area contributed by atoms with Crippen LogP contribution in [0.5, 0.6) is 0 Å². The van der Waals surface area contributed by atoms with Gasteiger partial charge in [-0.1, -0.05) is 0 Å². The minimum absolute atomic E-state index is 0.137. The summed E-state index contributed by atoms with van der Waals surface area (Å²) >= 11 is 0. The summed E-state index contributed by atoms with van der Waals surface area (Å²) in [6, 6.07) is 0. The van der Waals surface area contributed by atoms with Crippen molar-refractivity contribution in [3.8, 4) is 0 Å². The third kappa shape index (κ3) is 2.67. The van der Waals surface area contributed by atoms with Crippen LogP contribution in [0.15, 0.2) is 15.8 Å². The van der Waals surface area contributed by atoms with Gasteiger partial charge in [0.25, 0.3) is 5.56 Å². The molecule has 22 heavy (non-hydrogen) atoms. The summed E-state index contributed by atoms with van der Waals surface area (Å²) in [5.74, 6) is 0. The molecule has 3 heterocycles. The fourth-order valence-corrected chi connectivity index (χ4v) is 2.46. The quantitative estimate of drug-likeness (QED) is 0.772. The number of aromatic nitrogens is 4. The largest absolute Gasteiger partial charge is 0.353 e. The predicted molar refractivity (Wildman–Crippen MR) is 78.7 cm³/mol. The van der Waals surface area contributed by atoms with Crippen LogP contribution < -0.4 is 11.2 Å². The molecule has 0 N–H and O–H groups in total. The number of fused-ring (bicyclic) bond motifs is 1. The molecule has 1 saturated heterocycles. The van der Waals surface area contributed by atoms with Gasteiger partial charge in [-0.25, -0.2) is 14.8 Å². The standard InChI is InChI=1S/C14H18N4O4/c1-17-12-11(13(19)18(2)14(17)20)16-9(8-15-12)5-7-22-10-4-3-6-21-10/h8,10H,3-7H2,1-2H3. The van der Waals surface area contributed by atoms with E-state index in [1.165, 1.54) is 11.6 Å². The van der Waals surface area contributed by atoms with E-state index < -0.39 is 11.2 Å². The molecule has 0 radical (unpaired) electrons. The monoisotopic (exact) mass is 306 g/mol. The molecule has 118 valence electrons. The van der Waals surface area contributed by atoms with Gasteiger partial charge in [0.15, 0.2) is 17.5 Å². The second-order valence-electron chi connectivity index (χ2n) is 5.30. The minimum Gasteiger partial charge on any atom is -0.353 e. The van der Waals surface area contributed by atoms with Crippen molar-refractivity contribution >= 4 is 11.2 Å². The molecule has 1 atom stereocenters. The van der Waals surface area contributed by atoms with Crippen LogP contribution in [0.25, 0.3) is 11.2 Å². The van der Waals surface area contributed by atoms with Gasteiger partial charge in [0.2, 0.25) is 0 Å². The molecule has 1 aliphatic heterocycles. The second-order valence-corrected chi connectivity index (χ2v) is 5.30. The van der Waals surface area contributed by atoms with E-state index in [0.29, 0.717) is 18.7 Å². The third-order valence-corrected chi connectivity index (χ3v) is 3.75. The van der Waals surface area contributed by atoms with Gasteiger partial charge in [0, 0.05) is 33.5 Å². The van der Waals surface area contributed by atoms with E-state index in [1.54, 1.807) is 13.2 Å². The second kappa shape index (κ2) is 5.98. The maximum absolute atomic E-state index is 12.1. The highest BCUT2D eigenvalue weighted by Crippen LogP contribution is 2.13. The molecule has 0 aliphatic carbocycles. The smallest absolute Gasteiger partial charge is 0.332 e. The average molecular weight is 306 g/mol. The lowest BCUT2D eigenvalue weighted by Crippen LogP contribution is -2.37. The topological polar surface area (TPSA) is 88.2 Å². The van der Waals surface area contributed by atoms with Gasteiger partial charge >= 0.3 is 5.69 Å². The van der Waals surface area contributed by atoms with Gasteiger partial charge in [0.05, 0.1) is 18.5 Å². The Labute approximate surface area is 126 Å². The molecule has 0 amide bonds. The highest BCUT2D eigenvalue weighted by atomic mass is 16.7. The maximum Gasteiger partial charge on any atom is 0.332 e. The number of rotatable bonds is 4. The van der Waals surface area contributed by atoms with Crippen LogP contribution in [0.4, 0.5) is 0 Å². The highest BCUT2D eigenvalue weighted by Gasteiger charge is 2.16. The lowest BCUT2D eigenvalue weighted by molar-refractivity contribution is -0.110. The van der Waals surface area contributed by atoms with Crippen molar-refractivity contribution in [1.82, 2.24) is 19.1 Å². The summed E-state index contributed by atoms with van der Waals surface area (Å²) in [6.07, 6.45) is 3.90. The summed E-state index contributed by atoms with van der Waals surface area (Å²) < 4.78 is 13.3.